The molecule has 12 nitrogen and oxygen atoms in total. The lowest BCUT2D eigenvalue weighted by molar-refractivity contribution is -0.134. The zero-order chi connectivity index (χ0) is 30.3. The molecule has 1 saturated heterocycles. The summed E-state index contributed by atoms with van der Waals surface area (Å²) in [5, 5.41) is 11.4. The smallest absolute Gasteiger partial charge is 0.273 e. The van der Waals surface area contributed by atoms with Gasteiger partial charge in [0.1, 0.15) is 34.2 Å². The standard InChI is InChI=1S/C29H39N5O7S/c1-18(2)24-28(38)32-22(16-19-8-4-3-5-9-19)29-33-23(17-41-29)26(36)30-13-7-6-10-21(27(37)34-24)31-25(35)20-11-14-42(39,40)15-12-20/h3-5,8-9,17-18,20-22,24H,6-7,10-16H2,1-2H3,(H,30,36)(H,31,35)(H,32,38)(H,34,37)/t21-,22+,24-/m0/s1. The van der Waals surface area contributed by atoms with Gasteiger partial charge in [0.05, 0.1) is 11.5 Å². The molecule has 3 heterocycles. The highest BCUT2D eigenvalue weighted by Gasteiger charge is 2.34. The first-order chi connectivity index (χ1) is 20.0. The molecule has 2 bridgehead atoms. The number of fused-ring (bicyclic) bond motifs is 2. The van der Waals surface area contributed by atoms with Crippen molar-refractivity contribution in [2.24, 2.45) is 11.8 Å². The Bertz CT molecular complexity index is 1360. The molecule has 1 fully saturated rings. The summed E-state index contributed by atoms with van der Waals surface area (Å²) in [6.45, 7) is 3.93. The number of carbonyl (C=O) groups excluding carboxylic acids is 4. The van der Waals surface area contributed by atoms with Crippen molar-refractivity contribution >= 4 is 33.5 Å². The van der Waals surface area contributed by atoms with E-state index in [9.17, 15) is 27.6 Å². The van der Waals surface area contributed by atoms with Gasteiger partial charge in [0.2, 0.25) is 23.6 Å². The van der Waals surface area contributed by atoms with Crippen LogP contribution in [0.4, 0.5) is 0 Å². The average molecular weight is 602 g/mol. The van der Waals surface area contributed by atoms with Gasteiger partial charge in [0.15, 0.2) is 5.69 Å². The van der Waals surface area contributed by atoms with Gasteiger partial charge in [0.25, 0.3) is 5.91 Å². The molecule has 0 saturated carbocycles. The van der Waals surface area contributed by atoms with Crippen molar-refractivity contribution in [2.75, 3.05) is 18.1 Å². The van der Waals surface area contributed by atoms with Gasteiger partial charge >= 0.3 is 0 Å². The predicted octanol–water partition coefficient (Wildman–Crippen LogP) is 1.44. The van der Waals surface area contributed by atoms with Crippen LogP contribution in [0.3, 0.4) is 0 Å². The van der Waals surface area contributed by atoms with E-state index in [4.69, 9.17) is 4.42 Å². The largest absolute Gasteiger partial charge is 0.446 e. The Morgan fingerprint density at radius 3 is 2.43 bits per heavy atom. The van der Waals surface area contributed by atoms with Gasteiger partial charge in [-0.3, -0.25) is 19.2 Å². The number of nitrogens with one attached hydrogen (secondary N) is 4. The van der Waals surface area contributed by atoms with E-state index in [0.717, 1.165) is 5.56 Å². The SMILES string of the molecule is CC(C)[C@@H]1NC(=O)[C@@H](NC(=O)C2CCS(=O)(=O)CC2)CCCCNC(=O)c2coc(n2)[C@@H](Cc2ccccc2)NC1=O. The molecule has 3 atom stereocenters. The lowest BCUT2D eigenvalue weighted by Crippen LogP contribution is -2.56. The second kappa shape index (κ2) is 14.0. The molecule has 4 rings (SSSR count). The van der Waals surface area contributed by atoms with E-state index in [0.29, 0.717) is 25.8 Å². The maximum atomic E-state index is 13.6. The van der Waals surface area contributed by atoms with E-state index in [2.05, 4.69) is 26.3 Å². The van der Waals surface area contributed by atoms with Crippen molar-refractivity contribution in [3.8, 4) is 0 Å². The number of sulfone groups is 1. The fraction of sp³-hybridized carbons (Fsp3) is 0.552. The molecule has 42 heavy (non-hydrogen) atoms. The molecular weight excluding hydrogens is 562 g/mol. The third-order valence-electron chi connectivity index (χ3n) is 7.66. The third-order valence-corrected chi connectivity index (χ3v) is 9.38. The molecule has 1 aromatic carbocycles. The van der Waals surface area contributed by atoms with Crippen LogP contribution in [0.2, 0.25) is 0 Å². The number of hydrogen-bond acceptors (Lipinski definition) is 8. The predicted molar refractivity (Wildman–Crippen MR) is 154 cm³/mol. The molecule has 2 aromatic rings. The monoisotopic (exact) mass is 601 g/mol. The summed E-state index contributed by atoms with van der Waals surface area (Å²) in [4.78, 5) is 57.2. The van der Waals surface area contributed by atoms with Gasteiger partial charge in [-0.2, -0.15) is 0 Å². The van der Waals surface area contributed by atoms with Crippen LogP contribution in [0.15, 0.2) is 41.0 Å². The van der Waals surface area contributed by atoms with E-state index < -0.39 is 51.6 Å². The highest BCUT2D eigenvalue weighted by Crippen LogP contribution is 2.21. The first-order valence-corrected chi connectivity index (χ1v) is 16.2. The Morgan fingerprint density at radius 2 is 1.74 bits per heavy atom. The molecule has 2 aliphatic rings. The number of carbonyl (C=O) groups is 4. The van der Waals surface area contributed by atoms with Crippen LogP contribution in [0.25, 0.3) is 0 Å². The average Bonchev–Trinajstić information content (AvgIpc) is 3.45. The minimum Gasteiger partial charge on any atom is -0.446 e. The van der Waals surface area contributed by atoms with Gasteiger partial charge in [-0.1, -0.05) is 44.2 Å². The Balaban J connectivity index is 1.56. The van der Waals surface area contributed by atoms with Gasteiger partial charge in [-0.05, 0) is 43.6 Å². The summed E-state index contributed by atoms with van der Waals surface area (Å²) in [6, 6.07) is 6.85. The number of amides is 4. The minimum atomic E-state index is -3.15. The van der Waals surface area contributed by atoms with E-state index in [1.807, 2.05) is 30.3 Å². The molecule has 4 amide bonds. The van der Waals surface area contributed by atoms with E-state index in [-0.39, 0.29) is 54.2 Å². The van der Waals surface area contributed by atoms with Crippen LogP contribution in [0.1, 0.15) is 73.9 Å². The Labute approximate surface area is 245 Å². The fourth-order valence-electron chi connectivity index (χ4n) is 5.13. The fourth-order valence-corrected chi connectivity index (χ4v) is 6.62. The highest BCUT2D eigenvalue weighted by atomic mass is 32.2. The number of oxazole rings is 1. The van der Waals surface area contributed by atoms with E-state index in [1.165, 1.54) is 6.26 Å². The molecule has 0 spiro atoms. The van der Waals surface area contributed by atoms with Crippen LogP contribution in [-0.2, 0) is 30.6 Å². The summed E-state index contributed by atoms with van der Waals surface area (Å²) >= 11 is 0. The molecule has 1 aromatic heterocycles. The quantitative estimate of drug-likeness (QED) is 0.398. The molecule has 0 aliphatic carbocycles. The topological polar surface area (TPSA) is 177 Å². The second-order valence-corrected chi connectivity index (χ2v) is 13.6. The number of benzene rings is 1. The van der Waals surface area contributed by atoms with Crippen molar-refractivity contribution in [3.05, 3.63) is 53.7 Å². The number of nitrogens with zero attached hydrogens (tertiary/aromatic N) is 1. The first-order valence-electron chi connectivity index (χ1n) is 14.4. The van der Waals surface area contributed by atoms with E-state index >= 15 is 0 Å². The van der Waals surface area contributed by atoms with Crippen LogP contribution >= 0.6 is 0 Å². The molecule has 228 valence electrons. The molecular formula is C29H39N5O7S. The maximum Gasteiger partial charge on any atom is 0.273 e. The summed E-state index contributed by atoms with van der Waals surface area (Å²) in [7, 11) is -3.15. The number of hydrogen-bond donors (Lipinski definition) is 4. The van der Waals surface area contributed by atoms with Gasteiger partial charge < -0.3 is 25.7 Å². The lowest BCUT2D eigenvalue weighted by atomic mass is 9.99. The van der Waals surface area contributed by atoms with E-state index in [1.54, 1.807) is 13.8 Å². The summed E-state index contributed by atoms with van der Waals surface area (Å²) in [5.74, 6) is -2.52. The molecule has 13 heteroatoms. The lowest BCUT2D eigenvalue weighted by Gasteiger charge is -2.28. The van der Waals surface area contributed by atoms with Crippen molar-refractivity contribution < 1.29 is 32.0 Å². The maximum absolute atomic E-state index is 13.6. The second-order valence-electron chi connectivity index (χ2n) is 11.3. The first kappa shape index (κ1) is 31.2. The van der Waals surface area contributed by atoms with Gasteiger partial charge in [-0.15, -0.1) is 0 Å². The highest BCUT2D eigenvalue weighted by molar-refractivity contribution is 7.91. The van der Waals surface area contributed by atoms with Gasteiger partial charge in [0, 0.05) is 18.9 Å². The van der Waals surface area contributed by atoms with Crippen molar-refractivity contribution in [2.45, 2.75) is 70.5 Å². The zero-order valence-corrected chi connectivity index (χ0v) is 24.7. The number of rotatable bonds is 5. The van der Waals surface area contributed by atoms with Crippen molar-refractivity contribution in [3.63, 3.8) is 0 Å². The van der Waals surface area contributed by atoms with Crippen LogP contribution < -0.4 is 21.3 Å². The molecule has 0 radical (unpaired) electrons. The summed E-state index contributed by atoms with van der Waals surface area (Å²) < 4.78 is 29.3. The van der Waals surface area contributed by atoms with Crippen molar-refractivity contribution in [1.29, 1.82) is 0 Å². The molecule has 0 unspecified atom stereocenters. The molecule has 2 aliphatic heterocycles. The number of aromatic nitrogens is 1. The van der Waals surface area contributed by atoms with Crippen LogP contribution in [0, 0.1) is 11.8 Å². The third kappa shape index (κ3) is 8.40. The van der Waals surface area contributed by atoms with Crippen LogP contribution in [-0.4, -0.2) is 67.2 Å². The van der Waals surface area contributed by atoms with Crippen molar-refractivity contribution in [1.82, 2.24) is 26.3 Å². The summed E-state index contributed by atoms with van der Waals surface area (Å²) in [6.07, 6.45) is 3.31. The summed E-state index contributed by atoms with van der Waals surface area (Å²) in [5.41, 5.74) is 1.00. The van der Waals surface area contributed by atoms with Gasteiger partial charge in [-0.25, -0.2) is 13.4 Å². The molecule has 4 N–H and O–H groups in total. The normalized spacial score (nSPS) is 24.4. The zero-order valence-electron chi connectivity index (χ0n) is 23.9. The minimum absolute atomic E-state index is 0.0627. The Hall–Kier alpha value is -3.74. The Kier molecular flexibility index (Phi) is 10.4. The Morgan fingerprint density at radius 1 is 1.02 bits per heavy atom. The van der Waals surface area contributed by atoms with Crippen LogP contribution in [0.5, 0.6) is 0 Å².